The minimum absolute atomic E-state index is 0.130. The number of sulfonamides is 1. The highest BCUT2D eigenvalue weighted by atomic mass is 32.2. The van der Waals surface area contributed by atoms with Crippen LogP contribution in [0.25, 0.3) is 10.8 Å². The Morgan fingerprint density at radius 1 is 0.960 bits per heavy atom. The standard InChI is InChI=1S/C20H19NO3S/c22-25(23,19-10-9-16-5-1-2-6-17(16)12-19)21-13-15-11-18-7-3-4-8-20(18)24-14-15/h1-10,12,15,21H,11,13-14H2. The molecule has 128 valence electrons. The third kappa shape index (κ3) is 3.38. The zero-order valence-electron chi connectivity index (χ0n) is 13.7. The molecule has 0 radical (unpaired) electrons. The van der Waals surface area contributed by atoms with Crippen LogP contribution in [0.4, 0.5) is 0 Å². The van der Waals surface area contributed by atoms with Gasteiger partial charge in [0.25, 0.3) is 0 Å². The maximum atomic E-state index is 12.6. The summed E-state index contributed by atoms with van der Waals surface area (Å²) in [5.74, 6) is 1.03. The molecule has 1 N–H and O–H groups in total. The van der Waals surface area contributed by atoms with E-state index in [1.54, 1.807) is 12.1 Å². The molecule has 0 saturated heterocycles. The summed E-state index contributed by atoms with van der Waals surface area (Å²) in [5.41, 5.74) is 1.13. The lowest BCUT2D eigenvalue weighted by molar-refractivity contribution is 0.223. The molecule has 0 bridgehead atoms. The first-order valence-corrected chi connectivity index (χ1v) is 9.79. The highest BCUT2D eigenvalue weighted by Gasteiger charge is 2.22. The number of hydrogen-bond donors (Lipinski definition) is 1. The first-order chi connectivity index (χ1) is 12.1. The average molecular weight is 353 g/mol. The third-order valence-electron chi connectivity index (χ3n) is 4.55. The summed E-state index contributed by atoms with van der Waals surface area (Å²) in [6, 6.07) is 20.8. The van der Waals surface area contributed by atoms with E-state index < -0.39 is 10.0 Å². The van der Waals surface area contributed by atoms with E-state index >= 15 is 0 Å². The normalized spacial score (nSPS) is 17.0. The molecular weight excluding hydrogens is 334 g/mol. The molecule has 4 nitrogen and oxygen atoms in total. The van der Waals surface area contributed by atoms with Crippen LogP contribution in [0, 0.1) is 5.92 Å². The van der Waals surface area contributed by atoms with Gasteiger partial charge in [0.15, 0.2) is 0 Å². The van der Waals surface area contributed by atoms with E-state index in [9.17, 15) is 8.42 Å². The van der Waals surface area contributed by atoms with Crippen LogP contribution in [0.15, 0.2) is 71.6 Å². The van der Waals surface area contributed by atoms with Crippen LogP contribution >= 0.6 is 0 Å². The molecule has 0 fully saturated rings. The number of rotatable bonds is 4. The fourth-order valence-corrected chi connectivity index (χ4v) is 4.32. The molecule has 4 rings (SSSR count). The minimum Gasteiger partial charge on any atom is -0.493 e. The van der Waals surface area contributed by atoms with E-state index in [1.807, 2.05) is 54.6 Å². The molecule has 0 aromatic heterocycles. The molecule has 3 aromatic rings. The van der Waals surface area contributed by atoms with Gasteiger partial charge in [0.2, 0.25) is 10.0 Å². The summed E-state index contributed by atoms with van der Waals surface area (Å²) >= 11 is 0. The summed E-state index contributed by atoms with van der Waals surface area (Å²) in [5, 5.41) is 1.94. The summed E-state index contributed by atoms with van der Waals surface area (Å²) in [4.78, 5) is 0.295. The zero-order valence-corrected chi connectivity index (χ0v) is 14.5. The molecule has 0 aliphatic carbocycles. The second-order valence-corrected chi connectivity index (χ2v) is 8.12. The minimum atomic E-state index is -3.53. The Kier molecular flexibility index (Phi) is 4.19. The van der Waals surface area contributed by atoms with Gasteiger partial charge in [-0.3, -0.25) is 0 Å². The summed E-state index contributed by atoms with van der Waals surface area (Å²) < 4.78 is 33.7. The third-order valence-corrected chi connectivity index (χ3v) is 5.97. The quantitative estimate of drug-likeness (QED) is 0.782. The van der Waals surface area contributed by atoms with Gasteiger partial charge in [-0.05, 0) is 41.0 Å². The number of benzene rings is 3. The molecule has 1 aliphatic heterocycles. The Balaban J connectivity index is 1.48. The summed E-state index contributed by atoms with van der Waals surface area (Å²) in [6.07, 6.45) is 0.816. The SMILES string of the molecule is O=S(=O)(NCC1COc2ccccc2C1)c1ccc2ccccc2c1. The van der Waals surface area contributed by atoms with Crippen molar-refractivity contribution in [1.29, 1.82) is 0 Å². The Labute approximate surface area is 147 Å². The lowest BCUT2D eigenvalue weighted by Gasteiger charge is -2.25. The molecule has 1 unspecified atom stereocenters. The van der Waals surface area contributed by atoms with E-state index in [2.05, 4.69) is 4.72 Å². The van der Waals surface area contributed by atoms with Crippen LogP contribution < -0.4 is 9.46 Å². The fourth-order valence-electron chi connectivity index (χ4n) is 3.17. The Bertz CT molecular complexity index is 1010. The van der Waals surface area contributed by atoms with Gasteiger partial charge in [-0.2, -0.15) is 0 Å². The number of para-hydroxylation sites is 1. The maximum Gasteiger partial charge on any atom is 0.240 e. The van der Waals surface area contributed by atoms with E-state index in [0.717, 1.165) is 28.5 Å². The van der Waals surface area contributed by atoms with Crippen molar-refractivity contribution in [3.8, 4) is 5.75 Å². The fraction of sp³-hybridized carbons (Fsp3) is 0.200. The second kappa shape index (κ2) is 6.50. The van der Waals surface area contributed by atoms with Crippen LogP contribution in [0.5, 0.6) is 5.75 Å². The van der Waals surface area contributed by atoms with E-state index in [0.29, 0.717) is 18.0 Å². The van der Waals surface area contributed by atoms with Gasteiger partial charge in [-0.25, -0.2) is 13.1 Å². The Morgan fingerprint density at radius 2 is 1.72 bits per heavy atom. The van der Waals surface area contributed by atoms with Crippen LogP contribution in [0.2, 0.25) is 0 Å². The lowest BCUT2D eigenvalue weighted by atomic mass is 9.97. The number of nitrogens with one attached hydrogen (secondary N) is 1. The van der Waals surface area contributed by atoms with Crippen molar-refractivity contribution in [1.82, 2.24) is 4.72 Å². The van der Waals surface area contributed by atoms with Gasteiger partial charge >= 0.3 is 0 Å². The molecule has 5 heteroatoms. The van der Waals surface area contributed by atoms with Crippen LogP contribution in [-0.2, 0) is 16.4 Å². The molecule has 0 saturated carbocycles. The van der Waals surface area contributed by atoms with Crippen molar-refractivity contribution in [2.24, 2.45) is 5.92 Å². The van der Waals surface area contributed by atoms with Gasteiger partial charge < -0.3 is 4.74 Å². The van der Waals surface area contributed by atoms with E-state index in [-0.39, 0.29) is 5.92 Å². The van der Waals surface area contributed by atoms with Gasteiger partial charge in [0.05, 0.1) is 11.5 Å². The first kappa shape index (κ1) is 16.1. The summed E-state index contributed by atoms with van der Waals surface area (Å²) in [7, 11) is -3.53. The second-order valence-electron chi connectivity index (χ2n) is 6.35. The van der Waals surface area contributed by atoms with Crippen molar-refractivity contribution in [3.05, 3.63) is 72.3 Å². The van der Waals surface area contributed by atoms with Gasteiger partial charge in [0.1, 0.15) is 5.75 Å². The number of ether oxygens (including phenoxy) is 1. The first-order valence-electron chi connectivity index (χ1n) is 8.31. The molecule has 1 aliphatic rings. The highest BCUT2D eigenvalue weighted by Crippen LogP contribution is 2.27. The molecule has 1 atom stereocenters. The molecule has 3 aromatic carbocycles. The van der Waals surface area contributed by atoms with Gasteiger partial charge in [-0.1, -0.05) is 48.5 Å². The van der Waals surface area contributed by atoms with E-state index in [4.69, 9.17) is 4.74 Å². The predicted octanol–water partition coefficient (Wildman–Crippen LogP) is 3.37. The maximum absolute atomic E-state index is 12.6. The van der Waals surface area contributed by atoms with Gasteiger partial charge in [0, 0.05) is 12.5 Å². The Hall–Kier alpha value is -2.37. The van der Waals surface area contributed by atoms with E-state index in [1.165, 1.54) is 0 Å². The van der Waals surface area contributed by atoms with Gasteiger partial charge in [-0.15, -0.1) is 0 Å². The monoisotopic (exact) mass is 353 g/mol. The zero-order chi connectivity index (χ0) is 17.3. The topological polar surface area (TPSA) is 55.4 Å². The Morgan fingerprint density at radius 3 is 2.60 bits per heavy atom. The molecule has 0 amide bonds. The number of hydrogen-bond acceptors (Lipinski definition) is 3. The van der Waals surface area contributed by atoms with Crippen molar-refractivity contribution < 1.29 is 13.2 Å². The van der Waals surface area contributed by atoms with Crippen molar-refractivity contribution in [2.45, 2.75) is 11.3 Å². The largest absolute Gasteiger partial charge is 0.493 e. The van der Waals surface area contributed by atoms with Crippen molar-refractivity contribution in [3.63, 3.8) is 0 Å². The molecule has 25 heavy (non-hydrogen) atoms. The number of fused-ring (bicyclic) bond motifs is 2. The van der Waals surface area contributed by atoms with Crippen LogP contribution in [0.1, 0.15) is 5.56 Å². The summed E-state index contributed by atoms with van der Waals surface area (Å²) in [6.45, 7) is 0.890. The average Bonchev–Trinajstić information content (AvgIpc) is 2.66. The van der Waals surface area contributed by atoms with Crippen LogP contribution in [-0.4, -0.2) is 21.6 Å². The lowest BCUT2D eigenvalue weighted by Crippen LogP contribution is -2.34. The molecular formula is C20H19NO3S. The smallest absolute Gasteiger partial charge is 0.240 e. The molecule has 0 spiro atoms. The highest BCUT2D eigenvalue weighted by molar-refractivity contribution is 7.89. The van der Waals surface area contributed by atoms with Crippen molar-refractivity contribution in [2.75, 3.05) is 13.2 Å². The van der Waals surface area contributed by atoms with Crippen LogP contribution in [0.3, 0.4) is 0 Å². The molecule has 1 heterocycles. The van der Waals surface area contributed by atoms with Crippen molar-refractivity contribution >= 4 is 20.8 Å². The predicted molar refractivity (Wildman–Crippen MR) is 98.3 cm³/mol.